The van der Waals surface area contributed by atoms with Gasteiger partial charge >= 0.3 is 5.30 Å². The lowest BCUT2D eigenvalue weighted by atomic mass is 10.8. The van der Waals surface area contributed by atoms with E-state index in [1.54, 1.807) is 0 Å². The van der Waals surface area contributed by atoms with E-state index in [1.165, 1.54) is 7.11 Å². The standard InChI is InChI=1S/C4H7O3S/c1-6-2-3-7-4(5)8/h2-3H2,1H3. The summed E-state index contributed by atoms with van der Waals surface area (Å²) in [6, 6.07) is 0. The highest BCUT2D eigenvalue weighted by Crippen LogP contribution is 1.84. The molecule has 0 fully saturated rings. The predicted octanol–water partition coefficient (Wildman–Crippen LogP) is 0.967. The van der Waals surface area contributed by atoms with Gasteiger partial charge in [-0.05, 0) is 0 Å². The van der Waals surface area contributed by atoms with Crippen molar-refractivity contribution in [3.63, 3.8) is 0 Å². The van der Waals surface area contributed by atoms with Gasteiger partial charge in [0.05, 0.1) is 6.61 Å². The molecule has 0 aromatic rings. The highest BCUT2D eigenvalue weighted by molar-refractivity contribution is 7.96. The molecule has 0 aliphatic rings. The van der Waals surface area contributed by atoms with Crippen molar-refractivity contribution in [1.82, 2.24) is 0 Å². The van der Waals surface area contributed by atoms with Crippen LogP contribution in [0.5, 0.6) is 0 Å². The van der Waals surface area contributed by atoms with Crippen molar-refractivity contribution >= 4 is 17.9 Å². The zero-order valence-electron chi connectivity index (χ0n) is 4.55. The Morgan fingerprint density at radius 2 is 2.25 bits per heavy atom. The lowest BCUT2D eigenvalue weighted by molar-refractivity contribution is 0.115. The Morgan fingerprint density at radius 3 is 2.62 bits per heavy atom. The van der Waals surface area contributed by atoms with Crippen LogP contribution >= 0.6 is 12.6 Å². The Morgan fingerprint density at radius 1 is 1.62 bits per heavy atom. The summed E-state index contributed by atoms with van der Waals surface area (Å²) in [4.78, 5) is 9.86. The van der Waals surface area contributed by atoms with Crippen LogP contribution in [0.2, 0.25) is 0 Å². The molecular weight excluding hydrogens is 128 g/mol. The van der Waals surface area contributed by atoms with E-state index in [-0.39, 0.29) is 6.61 Å². The fraction of sp³-hybridized carbons (Fsp3) is 0.750. The van der Waals surface area contributed by atoms with Crippen LogP contribution in [-0.2, 0) is 9.47 Å². The maximum absolute atomic E-state index is 9.86. The lowest BCUT2D eigenvalue weighted by Gasteiger charge is -1.95. The maximum Gasteiger partial charge on any atom is 0.400 e. The van der Waals surface area contributed by atoms with Gasteiger partial charge in [-0.25, -0.2) is 4.79 Å². The molecule has 0 spiro atoms. The molecule has 0 rings (SSSR count). The number of hydrogen-bond donors (Lipinski definition) is 0. The largest absolute Gasteiger partial charge is 0.452 e. The van der Waals surface area contributed by atoms with E-state index in [0.29, 0.717) is 6.61 Å². The number of rotatable bonds is 3. The highest BCUT2D eigenvalue weighted by Gasteiger charge is 1.91. The average Bonchev–Trinajstić information content (AvgIpc) is 1.66. The van der Waals surface area contributed by atoms with Gasteiger partial charge in [0.1, 0.15) is 6.61 Å². The van der Waals surface area contributed by atoms with E-state index in [1.807, 2.05) is 0 Å². The predicted molar refractivity (Wildman–Crippen MR) is 30.8 cm³/mol. The minimum Gasteiger partial charge on any atom is -0.452 e. The van der Waals surface area contributed by atoms with Crippen molar-refractivity contribution in [2.24, 2.45) is 0 Å². The van der Waals surface area contributed by atoms with Gasteiger partial charge in [-0.2, -0.15) is 0 Å². The first-order valence-electron chi connectivity index (χ1n) is 2.10. The highest BCUT2D eigenvalue weighted by atomic mass is 32.1. The van der Waals surface area contributed by atoms with Gasteiger partial charge in [0.25, 0.3) is 0 Å². The van der Waals surface area contributed by atoms with Gasteiger partial charge in [0.2, 0.25) is 0 Å². The van der Waals surface area contributed by atoms with Gasteiger partial charge in [0, 0.05) is 19.7 Å². The van der Waals surface area contributed by atoms with Gasteiger partial charge in [-0.15, -0.1) is 0 Å². The molecular formula is C4H7O3S. The number of carbonyl (C=O) groups excluding carboxylic acids is 1. The first-order valence-corrected chi connectivity index (χ1v) is 2.51. The zero-order chi connectivity index (χ0) is 6.41. The van der Waals surface area contributed by atoms with Crippen LogP contribution in [-0.4, -0.2) is 25.6 Å². The smallest absolute Gasteiger partial charge is 0.400 e. The molecule has 0 N–H and O–H groups in total. The van der Waals surface area contributed by atoms with Crippen LogP contribution in [0.4, 0.5) is 4.79 Å². The zero-order valence-corrected chi connectivity index (χ0v) is 5.36. The van der Waals surface area contributed by atoms with Crippen molar-refractivity contribution in [2.45, 2.75) is 0 Å². The van der Waals surface area contributed by atoms with E-state index in [4.69, 9.17) is 0 Å². The average molecular weight is 135 g/mol. The number of carbonyl (C=O) groups is 1. The van der Waals surface area contributed by atoms with Crippen LogP contribution in [0.1, 0.15) is 0 Å². The van der Waals surface area contributed by atoms with E-state index in [9.17, 15) is 4.79 Å². The second-order valence-electron chi connectivity index (χ2n) is 1.09. The summed E-state index contributed by atoms with van der Waals surface area (Å²) < 4.78 is 8.90. The third kappa shape index (κ3) is 5.65. The monoisotopic (exact) mass is 135 g/mol. The van der Waals surface area contributed by atoms with Crippen molar-refractivity contribution in [1.29, 1.82) is 0 Å². The molecule has 4 heteroatoms. The van der Waals surface area contributed by atoms with Crippen LogP contribution in [0.25, 0.3) is 0 Å². The first-order chi connectivity index (χ1) is 3.77. The van der Waals surface area contributed by atoms with E-state index >= 15 is 0 Å². The maximum atomic E-state index is 9.86. The summed E-state index contributed by atoms with van der Waals surface area (Å²) in [6.07, 6.45) is 0. The molecule has 0 aromatic carbocycles. The molecule has 0 atom stereocenters. The summed E-state index contributed by atoms with van der Waals surface area (Å²) in [5, 5.41) is -0.679. The van der Waals surface area contributed by atoms with Crippen molar-refractivity contribution < 1.29 is 14.3 Å². The molecule has 3 nitrogen and oxygen atoms in total. The number of hydrogen-bond acceptors (Lipinski definition) is 3. The second kappa shape index (κ2) is 4.80. The first kappa shape index (κ1) is 7.65. The Hall–Kier alpha value is -0.350. The summed E-state index contributed by atoms with van der Waals surface area (Å²) in [7, 11) is 1.53. The Kier molecular flexibility index (Phi) is 4.59. The third-order valence-electron chi connectivity index (χ3n) is 0.507. The molecule has 0 aliphatic carbocycles. The molecule has 0 bridgehead atoms. The molecule has 0 heterocycles. The molecule has 0 amide bonds. The van der Waals surface area contributed by atoms with E-state index in [0.717, 1.165) is 0 Å². The van der Waals surface area contributed by atoms with Gasteiger partial charge in [-0.3, -0.25) is 0 Å². The number of methoxy groups -OCH3 is 1. The van der Waals surface area contributed by atoms with E-state index in [2.05, 4.69) is 22.1 Å². The molecule has 47 valence electrons. The normalized spacial score (nSPS) is 8.62. The van der Waals surface area contributed by atoms with Gasteiger partial charge in [0.15, 0.2) is 0 Å². The minimum absolute atomic E-state index is 0.249. The topological polar surface area (TPSA) is 35.5 Å². The summed E-state index contributed by atoms with van der Waals surface area (Å²) in [5.74, 6) is 0. The molecule has 0 aliphatic heterocycles. The van der Waals surface area contributed by atoms with Gasteiger partial charge < -0.3 is 9.47 Å². The van der Waals surface area contributed by atoms with Crippen molar-refractivity contribution in [3.05, 3.63) is 0 Å². The van der Waals surface area contributed by atoms with Crippen LogP contribution in [0.15, 0.2) is 0 Å². The molecule has 1 radical (unpaired) electrons. The molecule has 8 heavy (non-hydrogen) atoms. The van der Waals surface area contributed by atoms with Crippen LogP contribution < -0.4 is 0 Å². The third-order valence-corrected chi connectivity index (χ3v) is 0.625. The SMILES string of the molecule is COCCOC(=O)[S]. The Balaban J connectivity index is 2.82. The molecule has 0 unspecified atom stereocenters. The number of ether oxygens (including phenoxy) is 2. The quantitative estimate of drug-likeness (QED) is 0.427. The Bertz CT molecular complexity index is 73.7. The van der Waals surface area contributed by atoms with Crippen LogP contribution in [0, 0.1) is 0 Å². The second-order valence-corrected chi connectivity index (χ2v) is 1.42. The van der Waals surface area contributed by atoms with Crippen molar-refractivity contribution in [2.75, 3.05) is 20.3 Å². The molecule has 0 aromatic heterocycles. The van der Waals surface area contributed by atoms with Crippen molar-refractivity contribution in [3.8, 4) is 0 Å². The minimum atomic E-state index is -0.679. The fourth-order valence-electron chi connectivity index (χ4n) is 0.208. The molecule has 0 saturated carbocycles. The van der Waals surface area contributed by atoms with Gasteiger partial charge in [-0.1, -0.05) is 0 Å². The summed E-state index contributed by atoms with van der Waals surface area (Å²) in [5.41, 5.74) is 0. The van der Waals surface area contributed by atoms with E-state index < -0.39 is 5.30 Å². The fourth-order valence-corrected chi connectivity index (χ4v) is 0.292. The Labute approximate surface area is 53.4 Å². The summed E-state index contributed by atoms with van der Waals surface area (Å²) >= 11 is 4.08. The van der Waals surface area contributed by atoms with Crippen LogP contribution in [0.3, 0.4) is 0 Å². The molecule has 0 saturated heterocycles. The lowest BCUT2D eigenvalue weighted by Crippen LogP contribution is -2.02. The summed E-state index contributed by atoms with van der Waals surface area (Å²) in [6.45, 7) is 0.654.